The van der Waals surface area contributed by atoms with Crippen LogP contribution >= 0.6 is 0 Å². The Labute approximate surface area is 140 Å². The maximum Gasteiger partial charge on any atom is 0.360 e. The van der Waals surface area contributed by atoms with Crippen LogP contribution in [0.4, 0.5) is 0 Å². The van der Waals surface area contributed by atoms with E-state index in [0.717, 1.165) is 27.9 Å². The number of hydrogen-bond acceptors (Lipinski definition) is 3. The van der Waals surface area contributed by atoms with Crippen molar-refractivity contribution in [2.45, 2.75) is 6.92 Å². The summed E-state index contributed by atoms with van der Waals surface area (Å²) in [6.45, 7) is 1.91. The van der Waals surface area contributed by atoms with Gasteiger partial charge in [0.2, 0.25) is 0 Å². The molecule has 0 aliphatic carbocycles. The Balaban J connectivity index is 2.10. The van der Waals surface area contributed by atoms with Crippen LogP contribution in [0.1, 0.15) is 17.1 Å². The van der Waals surface area contributed by atoms with Gasteiger partial charge in [0.15, 0.2) is 11.5 Å². The molecule has 0 saturated carbocycles. The molecule has 1 N–H and O–H groups in total. The monoisotopic (exact) mass is 323 g/mol. The molecule has 0 amide bonds. The maximum absolute atomic E-state index is 9.36. The summed E-state index contributed by atoms with van der Waals surface area (Å²) in [7, 11) is 3.23. The molecule has 4 heteroatoms. The first kappa shape index (κ1) is 15.9. The van der Waals surface area contributed by atoms with E-state index in [0.29, 0.717) is 11.5 Å². The Morgan fingerprint density at radius 2 is 1.58 bits per heavy atom. The van der Waals surface area contributed by atoms with Gasteiger partial charge in [-0.2, -0.15) is 0 Å². The van der Waals surface area contributed by atoms with Crippen LogP contribution in [0.25, 0.3) is 22.9 Å². The number of phenolic OH excluding ortho intramolecular Hbond substituents is 1. The standard InChI is InChI=1S/C20H18O4/c1-13-10-15-11-19(22-2)20(23-3)12-17(15)18(24-13)9-6-14-4-7-16(21)8-5-14/h4-12H,1-3H3/p+1/b9-6+. The van der Waals surface area contributed by atoms with Gasteiger partial charge in [-0.15, -0.1) is 0 Å². The molecule has 0 fully saturated rings. The van der Waals surface area contributed by atoms with E-state index in [2.05, 4.69) is 0 Å². The highest BCUT2D eigenvalue weighted by atomic mass is 16.5. The minimum atomic E-state index is 0.245. The molecule has 0 unspecified atom stereocenters. The van der Waals surface area contributed by atoms with Crippen LogP contribution in [0.2, 0.25) is 0 Å². The Kier molecular flexibility index (Phi) is 4.38. The highest BCUT2D eigenvalue weighted by Gasteiger charge is 2.17. The van der Waals surface area contributed by atoms with Gasteiger partial charge in [0.05, 0.1) is 26.5 Å². The Hall–Kier alpha value is -3.01. The number of ether oxygens (including phenoxy) is 2. The smallest absolute Gasteiger partial charge is 0.360 e. The van der Waals surface area contributed by atoms with Gasteiger partial charge in [0, 0.05) is 23.6 Å². The van der Waals surface area contributed by atoms with Gasteiger partial charge < -0.3 is 14.6 Å². The van der Waals surface area contributed by atoms with Crippen LogP contribution in [-0.2, 0) is 0 Å². The summed E-state index contributed by atoms with van der Waals surface area (Å²) in [4.78, 5) is 0. The fourth-order valence-electron chi connectivity index (χ4n) is 2.59. The van der Waals surface area contributed by atoms with E-state index in [1.54, 1.807) is 26.4 Å². The van der Waals surface area contributed by atoms with Crippen molar-refractivity contribution in [1.29, 1.82) is 0 Å². The fraction of sp³-hybridized carbons (Fsp3) is 0.150. The molecule has 24 heavy (non-hydrogen) atoms. The molecular weight excluding hydrogens is 304 g/mol. The molecule has 1 aromatic heterocycles. The first-order chi connectivity index (χ1) is 11.6. The predicted molar refractivity (Wildman–Crippen MR) is 95.5 cm³/mol. The van der Waals surface area contributed by atoms with E-state index in [1.165, 1.54) is 0 Å². The lowest BCUT2D eigenvalue weighted by Gasteiger charge is -2.08. The molecule has 3 aromatic rings. The van der Waals surface area contributed by atoms with Crippen molar-refractivity contribution in [3.63, 3.8) is 0 Å². The lowest BCUT2D eigenvalue weighted by Crippen LogP contribution is -1.92. The van der Waals surface area contributed by atoms with Gasteiger partial charge in [0.25, 0.3) is 0 Å². The van der Waals surface area contributed by atoms with E-state index in [-0.39, 0.29) is 5.75 Å². The highest BCUT2D eigenvalue weighted by Crippen LogP contribution is 2.34. The zero-order chi connectivity index (χ0) is 17.1. The topological polar surface area (TPSA) is 50.0 Å². The molecule has 0 bridgehead atoms. The molecule has 2 aromatic carbocycles. The molecule has 0 radical (unpaired) electrons. The second-order valence-corrected chi connectivity index (χ2v) is 5.44. The van der Waals surface area contributed by atoms with Crippen molar-refractivity contribution in [3.8, 4) is 17.2 Å². The van der Waals surface area contributed by atoms with Crippen LogP contribution in [0.15, 0.2) is 46.9 Å². The van der Waals surface area contributed by atoms with Crippen molar-refractivity contribution in [2.75, 3.05) is 14.2 Å². The van der Waals surface area contributed by atoms with E-state index in [4.69, 9.17) is 13.9 Å². The molecule has 1 heterocycles. The van der Waals surface area contributed by atoms with Gasteiger partial charge in [0.1, 0.15) is 5.75 Å². The number of phenols is 1. The van der Waals surface area contributed by atoms with Crippen molar-refractivity contribution >= 4 is 22.9 Å². The minimum Gasteiger partial charge on any atom is -0.508 e. The summed E-state index contributed by atoms with van der Waals surface area (Å²) in [5.41, 5.74) is 0.970. The predicted octanol–water partition coefficient (Wildman–Crippen LogP) is 4.92. The molecule has 4 nitrogen and oxygen atoms in total. The normalized spacial score (nSPS) is 11.1. The van der Waals surface area contributed by atoms with Crippen molar-refractivity contribution < 1.29 is 19.0 Å². The molecule has 3 rings (SSSR count). The van der Waals surface area contributed by atoms with E-state index < -0.39 is 0 Å². The Bertz CT molecular complexity index is 896. The summed E-state index contributed by atoms with van der Waals surface area (Å²) >= 11 is 0. The van der Waals surface area contributed by atoms with Gasteiger partial charge in [-0.1, -0.05) is 12.1 Å². The molecule has 0 saturated heterocycles. The van der Waals surface area contributed by atoms with Crippen LogP contribution in [0, 0.1) is 6.92 Å². The minimum absolute atomic E-state index is 0.245. The number of aryl methyl sites for hydroxylation is 1. The highest BCUT2D eigenvalue weighted by molar-refractivity contribution is 5.93. The first-order valence-electron chi connectivity index (χ1n) is 7.57. The summed E-state index contributed by atoms with van der Waals surface area (Å²) in [5.74, 6) is 3.13. The SMILES string of the molecule is COc1cc2cc(C)[o+]c(/C=C/c3ccc(O)cc3)c2cc1OC. The zero-order valence-electron chi connectivity index (χ0n) is 13.9. The average Bonchev–Trinajstić information content (AvgIpc) is 2.59. The first-order valence-corrected chi connectivity index (χ1v) is 7.57. The third-order valence-corrected chi connectivity index (χ3v) is 3.77. The maximum atomic E-state index is 9.36. The lowest BCUT2D eigenvalue weighted by molar-refractivity contribution is 0.355. The van der Waals surface area contributed by atoms with Gasteiger partial charge >= 0.3 is 11.5 Å². The fourth-order valence-corrected chi connectivity index (χ4v) is 2.59. The number of rotatable bonds is 4. The third-order valence-electron chi connectivity index (χ3n) is 3.77. The van der Waals surface area contributed by atoms with Crippen LogP contribution in [0.3, 0.4) is 0 Å². The lowest BCUT2D eigenvalue weighted by atomic mass is 10.1. The second kappa shape index (κ2) is 6.62. The Morgan fingerprint density at radius 3 is 2.25 bits per heavy atom. The summed E-state index contributed by atoms with van der Waals surface area (Å²) in [6.07, 6.45) is 3.85. The van der Waals surface area contributed by atoms with Gasteiger partial charge in [-0.25, -0.2) is 4.42 Å². The number of benzene rings is 2. The van der Waals surface area contributed by atoms with Crippen LogP contribution in [0.5, 0.6) is 17.2 Å². The van der Waals surface area contributed by atoms with Gasteiger partial charge in [-0.05, 0) is 29.8 Å². The quantitative estimate of drug-likeness (QED) is 0.693. The number of fused-ring (bicyclic) bond motifs is 1. The molecule has 122 valence electrons. The van der Waals surface area contributed by atoms with Crippen molar-refractivity contribution in [2.24, 2.45) is 0 Å². The molecule has 0 atom stereocenters. The number of methoxy groups -OCH3 is 2. The van der Waals surface area contributed by atoms with E-state index >= 15 is 0 Å². The summed E-state index contributed by atoms with van der Waals surface area (Å²) in [5, 5.41) is 11.3. The van der Waals surface area contributed by atoms with Crippen molar-refractivity contribution in [1.82, 2.24) is 0 Å². The number of aromatic hydroxyl groups is 1. The van der Waals surface area contributed by atoms with E-state index in [1.807, 2.05) is 49.4 Å². The Morgan fingerprint density at radius 1 is 0.917 bits per heavy atom. The summed E-state index contributed by atoms with van der Waals surface area (Å²) < 4.78 is 16.6. The van der Waals surface area contributed by atoms with Crippen molar-refractivity contribution in [3.05, 3.63) is 59.5 Å². The molecule has 0 aliphatic rings. The zero-order valence-corrected chi connectivity index (χ0v) is 13.9. The largest absolute Gasteiger partial charge is 0.508 e. The van der Waals surface area contributed by atoms with E-state index in [9.17, 15) is 5.11 Å². The van der Waals surface area contributed by atoms with Gasteiger partial charge in [-0.3, -0.25) is 0 Å². The van der Waals surface area contributed by atoms with Crippen LogP contribution < -0.4 is 9.47 Å². The number of hydrogen-bond donors (Lipinski definition) is 1. The third kappa shape index (κ3) is 3.18. The summed E-state index contributed by atoms with van der Waals surface area (Å²) in [6, 6.07) is 12.8. The second-order valence-electron chi connectivity index (χ2n) is 5.44. The molecule has 0 spiro atoms. The average molecular weight is 323 g/mol. The molecule has 0 aliphatic heterocycles. The molecular formula is C20H19O4+. The van der Waals surface area contributed by atoms with Crippen LogP contribution in [-0.4, -0.2) is 19.3 Å².